The van der Waals surface area contributed by atoms with Crippen molar-refractivity contribution in [1.29, 1.82) is 0 Å². The molecule has 2 aromatic carbocycles. The van der Waals surface area contributed by atoms with Gasteiger partial charge in [0.1, 0.15) is 17.3 Å². The number of aliphatic hydroxyl groups is 1. The molecule has 176 valence electrons. The lowest BCUT2D eigenvalue weighted by Crippen LogP contribution is -2.30. The van der Waals surface area contributed by atoms with E-state index in [2.05, 4.69) is 6.92 Å². The van der Waals surface area contributed by atoms with E-state index in [-0.39, 0.29) is 11.3 Å². The Morgan fingerprint density at radius 1 is 1.03 bits per heavy atom. The summed E-state index contributed by atoms with van der Waals surface area (Å²) in [6, 6.07) is 11.4. The molecule has 0 radical (unpaired) electrons. The third-order valence-corrected chi connectivity index (χ3v) is 5.78. The number of likely N-dealkylation sites (tertiary alicyclic amines) is 1. The topological polar surface area (TPSA) is 76.1 Å². The molecule has 1 heterocycles. The van der Waals surface area contributed by atoms with E-state index in [4.69, 9.17) is 21.1 Å². The van der Waals surface area contributed by atoms with Gasteiger partial charge in [-0.25, -0.2) is 0 Å². The number of aliphatic hydroxyl groups excluding tert-OH is 1. The van der Waals surface area contributed by atoms with Gasteiger partial charge in [0.15, 0.2) is 0 Å². The van der Waals surface area contributed by atoms with Crippen LogP contribution in [0.2, 0.25) is 5.02 Å². The molecule has 0 spiro atoms. The molecule has 1 amide bonds. The van der Waals surface area contributed by atoms with Crippen molar-refractivity contribution in [2.45, 2.75) is 46.1 Å². The first kappa shape index (κ1) is 24.6. The van der Waals surface area contributed by atoms with Crippen molar-refractivity contribution in [3.05, 3.63) is 64.2 Å². The first-order valence-corrected chi connectivity index (χ1v) is 11.7. The molecule has 0 bridgehead atoms. The van der Waals surface area contributed by atoms with E-state index in [0.29, 0.717) is 42.5 Å². The lowest BCUT2D eigenvalue weighted by atomic mass is 9.95. The summed E-state index contributed by atoms with van der Waals surface area (Å²) in [5, 5.41) is 11.6. The first-order valence-electron chi connectivity index (χ1n) is 11.4. The fraction of sp³-hybridized carbons (Fsp3) is 0.385. The number of hydrogen-bond acceptors (Lipinski definition) is 5. The summed E-state index contributed by atoms with van der Waals surface area (Å²) in [6.45, 7) is 7.29. The van der Waals surface area contributed by atoms with Gasteiger partial charge in [-0.05, 0) is 55.7 Å². The number of ketones is 1. The van der Waals surface area contributed by atoms with Crippen LogP contribution in [-0.4, -0.2) is 41.5 Å². The molecule has 1 aliphatic rings. The summed E-state index contributed by atoms with van der Waals surface area (Å²) < 4.78 is 11.3. The van der Waals surface area contributed by atoms with Crippen LogP contribution < -0.4 is 9.47 Å². The van der Waals surface area contributed by atoms with Gasteiger partial charge in [0.05, 0.1) is 29.9 Å². The van der Waals surface area contributed by atoms with E-state index < -0.39 is 17.7 Å². The van der Waals surface area contributed by atoms with Gasteiger partial charge in [-0.1, -0.05) is 44.0 Å². The number of nitrogens with zero attached hydrogens (tertiary/aromatic N) is 1. The number of carbonyl (C=O) groups excluding carboxylic acids is 2. The molecular formula is C26H30ClNO5. The number of unbranched alkanes of at least 4 members (excludes halogenated alkanes) is 1. The first-order chi connectivity index (χ1) is 15.9. The lowest BCUT2D eigenvalue weighted by molar-refractivity contribution is -0.139. The highest BCUT2D eigenvalue weighted by Gasteiger charge is 2.45. The van der Waals surface area contributed by atoms with Crippen LogP contribution in [0, 0.1) is 0 Å². The minimum absolute atomic E-state index is 0.0536. The van der Waals surface area contributed by atoms with Gasteiger partial charge in [-0.3, -0.25) is 9.59 Å². The Labute approximate surface area is 199 Å². The normalized spacial score (nSPS) is 17.5. The molecule has 2 aromatic rings. The van der Waals surface area contributed by atoms with Crippen LogP contribution in [0.25, 0.3) is 5.76 Å². The Morgan fingerprint density at radius 3 is 2.39 bits per heavy atom. The number of halogens is 1. The summed E-state index contributed by atoms with van der Waals surface area (Å²) in [6.07, 6.45) is 2.68. The summed E-state index contributed by atoms with van der Waals surface area (Å²) in [5.41, 5.74) is 1.14. The summed E-state index contributed by atoms with van der Waals surface area (Å²) >= 11 is 6.18. The fourth-order valence-corrected chi connectivity index (χ4v) is 4.02. The van der Waals surface area contributed by atoms with E-state index in [1.807, 2.05) is 38.1 Å². The molecule has 0 aliphatic carbocycles. The quantitative estimate of drug-likeness (QED) is 0.206. The van der Waals surface area contributed by atoms with Gasteiger partial charge in [0.25, 0.3) is 11.7 Å². The van der Waals surface area contributed by atoms with Crippen LogP contribution in [0.3, 0.4) is 0 Å². The molecule has 3 rings (SSSR count). The van der Waals surface area contributed by atoms with Gasteiger partial charge in [-0.2, -0.15) is 0 Å². The number of amides is 1. The Morgan fingerprint density at radius 2 is 1.76 bits per heavy atom. The number of Topliss-reactive ketones (excluding diaryl/α,β-unsaturated/α-hetero) is 1. The maximum Gasteiger partial charge on any atom is 0.295 e. The number of benzene rings is 2. The zero-order valence-electron chi connectivity index (χ0n) is 19.3. The molecule has 1 unspecified atom stereocenters. The molecule has 1 aliphatic heterocycles. The fourth-order valence-electron chi connectivity index (χ4n) is 3.85. The van der Waals surface area contributed by atoms with Crippen LogP contribution in [0.5, 0.6) is 11.5 Å². The van der Waals surface area contributed by atoms with Gasteiger partial charge in [-0.15, -0.1) is 0 Å². The largest absolute Gasteiger partial charge is 0.507 e. The highest BCUT2D eigenvalue weighted by Crippen LogP contribution is 2.40. The van der Waals surface area contributed by atoms with Crippen LogP contribution in [0.1, 0.15) is 57.2 Å². The van der Waals surface area contributed by atoms with Crippen molar-refractivity contribution >= 4 is 29.1 Å². The average Bonchev–Trinajstić information content (AvgIpc) is 3.06. The van der Waals surface area contributed by atoms with Gasteiger partial charge >= 0.3 is 0 Å². The minimum Gasteiger partial charge on any atom is -0.507 e. The number of rotatable bonds is 10. The molecule has 7 heteroatoms. The van der Waals surface area contributed by atoms with Crippen molar-refractivity contribution in [3.8, 4) is 11.5 Å². The molecule has 0 saturated carbocycles. The van der Waals surface area contributed by atoms with Crippen LogP contribution in [0.4, 0.5) is 0 Å². The van der Waals surface area contributed by atoms with Crippen molar-refractivity contribution in [2.24, 2.45) is 0 Å². The highest BCUT2D eigenvalue weighted by atomic mass is 35.5. The highest BCUT2D eigenvalue weighted by molar-refractivity contribution is 6.46. The molecule has 0 aromatic heterocycles. The lowest BCUT2D eigenvalue weighted by Gasteiger charge is -2.25. The number of ether oxygens (including phenoxy) is 2. The van der Waals surface area contributed by atoms with Crippen LogP contribution in [0.15, 0.2) is 48.0 Å². The summed E-state index contributed by atoms with van der Waals surface area (Å²) in [4.78, 5) is 27.4. The monoisotopic (exact) mass is 471 g/mol. The van der Waals surface area contributed by atoms with E-state index in [1.165, 1.54) is 4.90 Å². The molecule has 6 nitrogen and oxygen atoms in total. The minimum atomic E-state index is -0.706. The molecular weight excluding hydrogens is 442 g/mol. The predicted molar refractivity (Wildman–Crippen MR) is 129 cm³/mol. The molecule has 1 saturated heterocycles. The SMILES string of the molecule is CCCCOc1ccc(C2/C(=C(/O)c3ccc(Cl)c(OCC)c3)C(=O)C(=O)N2CCC)cc1. The Kier molecular flexibility index (Phi) is 8.39. The number of carbonyl (C=O) groups is 2. The third kappa shape index (κ3) is 5.33. The standard InChI is InChI=1S/C26H30ClNO5/c1-4-7-15-33-19-11-8-17(9-12-19)23-22(25(30)26(31)28(23)14-5-2)24(29)18-10-13-20(27)21(16-18)32-6-3/h8-13,16,23,29H,4-7,14-15H2,1-3H3/b24-22-. The second-order valence-corrected chi connectivity index (χ2v) is 8.25. The average molecular weight is 472 g/mol. The molecule has 1 N–H and O–H groups in total. The van der Waals surface area contributed by atoms with Crippen molar-refractivity contribution < 1.29 is 24.2 Å². The Bertz CT molecular complexity index is 1030. The second kappa shape index (κ2) is 11.2. The van der Waals surface area contributed by atoms with Gasteiger partial charge in [0, 0.05) is 12.1 Å². The molecule has 33 heavy (non-hydrogen) atoms. The van der Waals surface area contributed by atoms with E-state index in [0.717, 1.165) is 24.2 Å². The number of hydrogen-bond donors (Lipinski definition) is 1. The van der Waals surface area contributed by atoms with Crippen molar-refractivity contribution in [1.82, 2.24) is 4.90 Å². The summed E-state index contributed by atoms with van der Waals surface area (Å²) in [7, 11) is 0. The Hall–Kier alpha value is -2.99. The summed E-state index contributed by atoms with van der Waals surface area (Å²) in [5.74, 6) is -0.458. The Balaban J connectivity index is 2.05. The van der Waals surface area contributed by atoms with E-state index in [1.54, 1.807) is 18.2 Å². The maximum absolute atomic E-state index is 13.0. The van der Waals surface area contributed by atoms with E-state index in [9.17, 15) is 14.7 Å². The maximum atomic E-state index is 13.0. The van der Waals surface area contributed by atoms with Crippen LogP contribution in [-0.2, 0) is 9.59 Å². The predicted octanol–water partition coefficient (Wildman–Crippen LogP) is 5.75. The van der Waals surface area contributed by atoms with Crippen molar-refractivity contribution in [2.75, 3.05) is 19.8 Å². The second-order valence-electron chi connectivity index (χ2n) is 7.84. The van der Waals surface area contributed by atoms with Crippen molar-refractivity contribution in [3.63, 3.8) is 0 Å². The van der Waals surface area contributed by atoms with Gasteiger partial charge in [0.2, 0.25) is 0 Å². The van der Waals surface area contributed by atoms with Gasteiger partial charge < -0.3 is 19.5 Å². The smallest absolute Gasteiger partial charge is 0.295 e. The molecule has 1 fully saturated rings. The van der Waals surface area contributed by atoms with E-state index >= 15 is 0 Å². The van der Waals surface area contributed by atoms with Crippen LogP contribution >= 0.6 is 11.6 Å². The third-order valence-electron chi connectivity index (χ3n) is 5.47. The zero-order valence-corrected chi connectivity index (χ0v) is 20.0. The zero-order chi connectivity index (χ0) is 24.0. The molecule has 1 atom stereocenters.